The number of halogens is 1. The second-order valence-electron chi connectivity index (χ2n) is 1.14. The Hall–Kier alpha value is 0.400. The summed E-state index contributed by atoms with van der Waals surface area (Å²) in [7, 11) is -4.02. The van der Waals surface area contributed by atoms with Gasteiger partial charge in [-0.2, -0.15) is 0 Å². The third kappa shape index (κ3) is 6.40. The molecule has 0 spiro atoms. The summed E-state index contributed by atoms with van der Waals surface area (Å²) in [5.74, 6) is 0.200. The Morgan fingerprint density at radius 3 is 2.25 bits per heavy atom. The van der Waals surface area contributed by atoms with E-state index in [0.29, 0.717) is 0 Å². The van der Waals surface area contributed by atoms with E-state index in [1.165, 1.54) is 0 Å². The second kappa shape index (κ2) is 3.43. The summed E-state index contributed by atoms with van der Waals surface area (Å²) >= 11 is 5.10. The average Bonchev–Trinajstić information content (AvgIpc) is 1.59. The van der Waals surface area contributed by atoms with E-state index in [2.05, 4.69) is 0 Å². The first kappa shape index (κ1) is 8.40. The highest BCUT2D eigenvalue weighted by molar-refractivity contribution is 7.49. The Kier molecular flexibility index (Phi) is 3.60. The summed E-state index contributed by atoms with van der Waals surface area (Å²) in [5.41, 5.74) is 0. The van der Waals surface area contributed by atoms with Crippen LogP contribution in [0, 0.1) is 0 Å². The quantitative estimate of drug-likeness (QED) is 0.398. The molecule has 0 atom stereocenters. The van der Waals surface area contributed by atoms with E-state index in [1.54, 1.807) is 0 Å². The number of hydrogen-bond acceptors (Lipinski definition) is 1. The molecule has 0 aliphatic carbocycles. The van der Waals surface area contributed by atoms with Crippen LogP contribution in [-0.4, -0.2) is 22.2 Å². The van der Waals surface area contributed by atoms with E-state index in [-0.39, 0.29) is 12.4 Å². The topological polar surface area (TPSA) is 69.6 Å². The maximum Gasteiger partial charge on any atom is 0.400 e. The van der Waals surface area contributed by atoms with Crippen LogP contribution in [0.5, 0.6) is 0 Å². The smallest absolute Gasteiger partial charge is 0.313 e. The van der Waals surface area contributed by atoms with E-state index in [1.807, 2.05) is 5.09 Å². The molecule has 0 radical (unpaired) electrons. The number of hydrogen-bond donors (Lipinski definition) is 3. The van der Waals surface area contributed by atoms with Crippen molar-refractivity contribution in [3.63, 3.8) is 0 Å². The molecule has 8 heavy (non-hydrogen) atoms. The second-order valence-corrected chi connectivity index (χ2v) is 2.92. The van der Waals surface area contributed by atoms with Gasteiger partial charge in [0.25, 0.3) is 0 Å². The van der Waals surface area contributed by atoms with Crippen molar-refractivity contribution < 1.29 is 14.4 Å². The van der Waals surface area contributed by atoms with Crippen molar-refractivity contribution in [2.24, 2.45) is 0 Å². The SMILES string of the molecule is O=P(O)(O)NCCCl. The summed E-state index contributed by atoms with van der Waals surface area (Å²) in [6, 6.07) is 0. The lowest BCUT2D eigenvalue weighted by Gasteiger charge is -2.01. The van der Waals surface area contributed by atoms with Gasteiger partial charge in [-0.25, -0.2) is 9.65 Å². The lowest BCUT2D eigenvalue weighted by atomic mass is 10.8. The van der Waals surface area contributed by atoms with Crippen LogP contribution in [-0.2, 0) is 4.57 Å². The molecular weight excluding hydrogens is 152 g/mol. The number of rotatable bonds is 3. The van der Waals surface area contributed by atoms with Crippen molar-refractivity contribution >= 4 is 19.3 Å². The third-order valence-corrected chi connectivity index (χ3v) is 1.24. The fourth-order valence-corrected chi connectivity index (χ4v) is 0.817. The largest absolute Gasteiger partial charge is 0.400 e. The molecule has 0 rings (SSSR count). The first-order valence-electron chi connectivity index (χ1n) is 1.93. The van der Waals surface area contributed by atoms with Crippen LogP contribution in [0.1, 0.15) is 0 Å². The molecule has 50 valence electrons. The highest BCUT2D eigenvalue weighted by atomic mass is 35.5. The molecule has 4 nitrogen and oxygen atoms in total. The Bertz CT molecular complexity index is 101. The van der Waals surface area contributed by atoms with Gasteiger partial charge in [0.15, 0.2) is 0 Å². The molecule has 0 aromatic rings. The number of alkyl halides is 1. The average molecular weight is 160 g/mol. The normalized spacial score (nSPS) is 11.9. The van der Waals surface area contributed by atoms with Gasteiger partial charge in [-0.05, 0) is 0 Å². The zero-order valence-corrected chi connectivity index (χ0v) is 5.69. The monoisotopic (exact) mass is 159 g/mol. The number of nitrogens with one attached hydrogen (secondary N) is 1. The van der Waals surface area contributed by atoms with E-state index in [0.717, 1.165) is 0 Å². The minimum absolute atomic E-state index is 0.131. The summed E-state index contributed by atoms with van der Waals surface area (Å²) in [6.07, 6.45) is 0. The van der Waals surface area contributed by atoms with Gasteiger partial charge in [0.1, 0.15) is 0 Å². The maximum absolute atomic E-state index is 9.91. The van der Waals surface area contributed by atoms with E-state index in [4.69, 9.17) is 21.4 Å². The lowest BCUT2D eigenvalue weighted by molar-refractivity contribution is 0.359. The highest BCUT2D eigenvalue weighted by Crippen LogP contribution is 2.26. The molecule has 0 fully saturated rings. The fraction of sp³-hybridized carbons (Fsp3) is 1.00. The van der Waals surface area contributed by atoms with Gasteiger partial charge in [0.2, 0.25) is 0 Å². The molecule has 0 bridgehead atoms. The van der Waals surface area contributed by atoms with Crippen molar-refractivity contribution in [3.05, 3.63) is 0 Å². The van der Waals surface area contributed by atoms with Crippen LogP contribution in [0.15, 0.2) is 0 Å². The third-order valence-electron chi connectivity index (χ3n) is 0.412. The molecular formula is C2H7ClNO3P. The Balaban J connectivity index is 3.26. The highest BCUT2D eigenvalue weighted by Gasteiger charge is 2.08. The molecule has 0 saturated heterocycles. The van der Waals surface area contributed by atoms with E-state index < -0.39 is 7.75 Å². The van der Waals surface area contributed by atoms with Gasteiger partial charge in [-0.15, -0.1) is 11.6 Å². The van der Waals surface area contributed by atoms with Crippen molar-refractivity contribution in [3.8, 4) is 0 Å². The van der Waals surface area contributed by atoms with Gasteiger partial charge in [0, 0.05) is 12.4 Å². The van der Waals surface area contributed by atoms with E-state index in [9.17, 15) is 4.57 Å². The molecule has 6 heteroatoms. The molecule has 0 aromatic carbocycles. The fourth-order valence-electron chi connectivity index (χ4n) is 0.188. The van der Waals surface area contributed by atoms with Crippen LogP contribution in [0.4, 0.5) is 0 Å². The van der Waals surface area contributed by atoms with Crippen LogP contribution in [0.25, 0.3) is 0 Å². The van der Waals surface area contributed by atoms with Gasteiger partial charge < -0.3 is 9.79 Å². The van der Waals surface area contributed by atoms with Crippen molar-refractivity contribution in [2.75, 3.05) is 12.4 Å². The van der Waals surface area contributed by atoms with Crippen LogP contribution < -0.4 is 5.09 Å². The van der Waals surface area contributed by atoms with Gasteiger partial charge in [-0.1, -0.05) is 0 Å². The van der Waals surface area contributed by atoms with Gasteiger partial charge in [0.05, 0.1) is 0 Å². The Labute approximate surface area is 52.1 Å². The van der Waals surface area contributed by atoms with Crippen molar-refractivity contribution in [2.45, 2.75) is 0 Å². The summed E-state index contributed by atoms with van der Waals surface area (Å²) in [5, 5.41) is 1.91. The minimum atomic E-state index is -4.02. The van der Waals surface area contributed by atoms with Crippen LogP contribution in [0.3, 0.4) is 0 Å². The van der Waals surface area contributed by atoms with Crippen LogP contribution >= 0.6 is 19.3 Å². The molecule has 0 aliphatic rings. The Morgan fingerprint density at radius 2 is 2.12 bits per heavy atom. The predicted octanol–water partition coefficient (Wildman–Crippen LogP) is -0.0925. The zero-order chi connectivity index (χ0) is 6.62. The first-order chi connectivity index (χ1) is 3.56. The summed E-state index contributed by atoms with van der Waals surface area (Å²) in [4.78, 5) is 16.2. The first-order valence-corrected chi connectivity index (χ1v) is 4.07. The summed E-state index contributed by atoms with van der Waals surface area (Å²) < 4.78 is 9.91. The molecule has 0 aromatic heterocycles. The minimum Gasteiger partial charge on any atom is -0.313 e. The van der Waals surface area contributed by atoms with Crippen LogP contribution in [0.2, 0.25) is 0 Å². The predicted molar refractivity (Wildman–Crippen MR) is 30.8 cm³/mol. The van der Waals surface area contributed by atoms with Crippen molar-refractivity contribution in [1.29, 1.82) is 0 Å². The molecule has 3 N–H and O–H groups in total. The zero-order valence-electron chi connectivity index (χ0n) is 4.04. The molecule has 0 saturated carbocycles. The Morgan fingerprint density at radius 1 is 1.62 bits per heavy atom. The summed E-state index contributed by atoms with van der Waals surface area (Å²) in [6.45, 7) is 0.131. The van der Waals surface area contributed by atoms with Crippen molar-refractivity contribution in [1.82, 2.24) is 5.09 Å². The maximum atomic E-state index is 9.91. The molecule has 0 amide bonds. The molecule has 0 heterocycles. The van der Waals surface area contributed by atoms with E-state index >= 15 is 0 Å². The van der Waals surface area contributed by atoms with Gasteiger partial charge >= 0.3 is 7.75 Å². The standard InChI is InChI=1S/C2H7ClNO3P/c3-1-2-4-8(5,6)7/h1-2H2,(H3,4,5,6,7). The molecule has 0 unspecified atom stereocenters. The van der Waals surface area contributed by atoms with Gasteiger partial charge in [-0.3, -0.25) is 0 Å². The lowest BCUT2D eigenvalue weighted by Crippen LogP contribution is -2.11. The molecule has 0 aliphatic heterocycles.